The van der Waals surface area contributed by atoms with E-state index in [1.54, 1.807) is 0 Å². The summed E-state index contributed by atoms with van der Waals surface area (Å²) in [5.41, 5.74) is 2.02. The van der Waals surface area contributed by atoms with Gasteiger partial charge in [-0.3, -0.25) is 14.3 Å². The molecule has 1 amide bonds. The largest absolute Gasteiger partial charge is 0.341 e. The van der Waals surface area contributed by atoms with Crippen LogP contribution in [0.15, 0.2) is 35.1 Å². The zero-order valence-corrected chi connectivity index (χ0v) is 15.9. The van der Waals surface area contributed by atoms with Gasteiger partial charge in [0.2, 0.25) is 5.91 Å². The Labute approximate surface area is 153 Å². The minimum atomic E-state index is -0.390. The summed E-state index contributed by atoms with van der Waals surface area (Å²) >= 11 is 0. The number of benzene rings is 1. The molecule has 0 radical (unpaired) electrons. The van der Waals surface area contributed by atoms with Gasteiger partial charge in [0.05, 0.1) is 5.52 Å². The van der Waals surface area contributed by atoms with Crippen molar-refractivity contribution in [2.24, 2.45) is 0 Å². The molecule has 1 unspecified atom stereocenters. The maximum atomic E-state index is 13.2. The first-order chi connectivity index (χ1) is 12.5. The van der Waals surface area contributed by atoms with Gasteiger partial charge in [0, 0.05) is 30.2 Å². The Hall–Kier alpha value is -2.63. The number of fused-ring (bicyclic) bond motifs is 3. The van der Waals surface area contributed by atoms with Gasteiger partial charge in [-0.1, -0.05) is 26.0 Å². The summed E-state index contributed by atoms with van der Waals surface area (Å²) in [6, 6.07) is 8.91. The highest BCUT2D eigenvalue weighted by Gasteiger charge is 2.25. The summed E-state index contributed by atoms with van der Waals surface area (Å²) in [5.74, 6) is 0.0921. The van der Waals surface area contributed by atoms with Crippen molar-refractivity contribution >= 4 is 22.5 Å². The number of carbonyl (C=O) groups excluding carboxylic acids is 1. The van der Waals surface area contributed by atoms with Crippen LogP contribution in [-0.4, -0.2) is 38.1 Å². The Kier molecular flexibility index (Phi) is 5.11. The van der Waals surface area contributed by atoms with Gasteiger partial charge in [0.15, 0.2) is 5.65 Å². The Morgan fingerprint density at radius 2 is 1.85 bits per heavy atom. The number of hydrogen-bond acceptors (Lipinski definition) is 3. The zero-order chi connectivity index (χ0) is 18.8. The number of hydrogen-bond donors (Lipinski definition) is 0. The Morgan fingerprint density at radius 1 is 1.19 bits per heavy atom. The van der Waals surface area contributed by atoms with E-state index in [4.69, 9.17) is 0 Å². The third-order valence-corrected chi connectivity index (χ3v) is 4.71. The minimum absolute atomic E-state index is 0.0921. The van der Waals surface area contributed by atoms with Gasteiger partial charge in [-0.2, -0.15) is 4.98 Å². The molecule has 0 saturated heterocycles. The van der Waals surface area contributed by atoms with Crippen molar-refractivity contribution in [1.29, 1.82) is 0 Å². The van der Waals surface area contributed by atoms with Crippen molar-refractivity contribution in [3.8, 4) is 0 Å². The molecule has 138 valence electrons. The second-order valence-electron chi connectivity index (χ2n) is 6.73. The monoisotopic (exact) mass is 354 g/mol. The predicted octanol–water partition coefficient (Wildman–Crippen LogP) is 3.17. The molecular formula is C20H26N4O2. The summed E-state index contributed by atoms with van der Waals surface area (Å²) in [6.45, 7) is 9.46. The number of aromatic nitrogens is 3. The first-order valence-electron chi connectivity index (χ1n) is 9.28. The summed E-state index contributed by atoms with van der Waals surface area (Å²) in [5, 5.41) is 0.880. The van der Waals surface area contributed by atoms with Crippen LogP contribution in [0.25, 0.3) is 16.6 Å². The predicted molar refractivity (Wildman–Crippen MR) is 104 cm³/mol. The SMILES string of the molecule is CCCN(CCC)C(=O)C(C)n1c2ccccc2c2nc(=O)cc(C)n21. The number of amides is 1. The molecular weight excluding hydrogens is 328 g/mol. The summed E-state index contributed by atoms with van der Waals surface area (Å²) in [4.78, 5) is 31.3. The van der Waals surface area contributed by atoms with Crippen LogP contribution >= 0.6 is 0 Å². The molecule has 0 fully saturated rings. The van der Waals surface area contributed by atoms with Gasteiger partial charge < -0.3 is 4.90 Å². The number of rotatable bonds is 6. The highest BCUT2D eigenvalue weighted by Crippen LogP contribution is 2.25. The molecule has 0 aliphatic carbocycles. The Bertz CT molecular complexity index is 996. The number of aryl methyl sites for hydroxylation is 1. The molecule has 1 aromatic carbocycles. The second-order valence-corrected chi connectivity index (χ2v) is 6.73. The molecule has 0 saturated carbocycles. The van der Waals surface area contributed by atoms with E-state index in [2.05, 4.69) is 18.8 Å². The molecule has 6 nitrogen and oxygen atoms in total. The average molecular weight is 354 g/mol. The molecule has 26 heavy (non-hydrogen) atoms. The van der Waals surface area contributed by atoms with Crippen molar-refractivity contribution in [3.05, 3.63) is 46.4 Å². The Balaban J connectivity index is 2.22. The van der Waals surface area contributed by atoms with Crippen LogP contribution in [0.1, 0.15) is 45.3 Å². The molecule has 2 heterocycles. The standard InChI is InChI=1S/C20H26N4O2/c1-5-11-22(12-6-2)20(26)15(4)24-17-10-8-7-9-16(17)19-21-18(25)13-14(3)23(19)24/h7-10,13,15H,5-6,11-12H2,1-4H3. The van der Waals surface area contributed by atoms with Crippen LogP contribution in [0.2, 0.25) is 0 Å². The number of carbonyl (C=O) groups is 1. The maximum Gasteiger partial charge on any atom is 0.273 e. The fourth-order valence-corrected chi connectivity index (χ4v) is 3.63. The number of nitrogens with zero attached hydrogens (tertiary/aromatic N) is 4. The molecule has 3 aromatic rings. The molecule has 0 bridgehead atoms. The van der Waals surface area contributed by atoms with E-state index in [9.17, 15) is 9.59 Å². The van der Waals surface area contributed by atoms with Crippen LogP contribution in [0, 0.1) is 6.92 Å². The van der Waals surface area contributed by atoms with E-state index in [0.717, 1.165) is 42.5 Å². The molecule has 0 aliphatic heterocycles. The molecule has 1 atom stereocenters. The van der Waals surface area contributed by atoms with E-state index in [1.165, 1.54) is 6.07 Å². The molecule has 2 aromatic heterocycles. The van der Waals surface area contributed by atoms with Crippen molar-refractivity contribution in [3.63, 3.8) is 0 Å². The van der Waals surface area contributed by atoms with Crippen LogP contribution < -0.4 is 5.56 Å². The van der Waals surface area contributed by atoms with Gasteiger partial charge in [-0.15, -0.1) is 0 Å². The van der Waals surface area contributed by atoms with E-state index in [1.807, 2.05) is 52.2 Å². The first kappa shape index (κ1) is 18.2. The summed E-state index contributed by atoms with van der Waals surface area (Å²) < 4.78 is 3.86. The summed E-state index contributed by atoms with van der Waals surface area (Å²) in [6.07, 6.45) is 1.86. The molecule has 3 rings (SSSR count). The number of para-hydroxylation sites is 1. The van der Waals surface area contributed by atoms with Gasteiger partial charge in [-0.05, 0) is 38.8 Å². The van der Waals surface area contributed by atoms with Crippen molar-refractivity contribution in [1.82, 2.24) is 19.1 Å². The van der Waals surface area contributed by atoms with E-state index in [0.29, 0.717) is 5.65 Å². The zero-order valence-electron chi connectivity index (χ0n) is 15.9. The lowest BCUT2D eigenvalue weighted by Gasteiger charge is -2.27. The molecule has 6 heteroatoms. The van der Waals surface area contributed by atoms with Crippen LogP contribution in [0.5, 0.6) is 0 Å². The fourth-order valence-electron chi connectivity index (χ4n) is 3.63. The van der Waals surface area contributed by atoms with E-state index in [-0.39, 0.29) is 11.5 Å². The highest BCUT2D eigenvalue weighted by atomic mass is 16.2. The topological polar surface area (TPSA) is 59.6 Å². The van der Waals surface area contributed by atoms with E-state index >= 15 is 0 Å². The molecule has 0 N–H and O–H groups in total. The summed E-state index contributed by atoms with van der Waals surface area (Å²) in [7, 11) is 0. The maximum absolute atomic E-state index is 13.2. The van der Waals surface area contributed by atoms with Gasteiger partial charge in [-0.25, -0.2) is 4.52 Å². The van der Waals surface area contributed by atoms with Gasteiger partial charge in [0.25, 0.3) is 5.56 Å². The fraction of sp³-hybridized carbons (Fsp3) is 0.450. The third-order valence-electron chi connectivity index (χ3n) is 4.71. The molecule has 0 spiro atoms. The van der Waals surface area contributed by atoms with Gasteiger partial charge >= 0.3 is 0 Å². The van der Waals surface area contributed by atoms with Crippen molar-refractivity contribution in [2.75, 3.05) is 13.1 Å². The van der Waals surface area contributed by atoms with Crippen LogP contribution in [0.3, 0.4) is 0 Å². The molecule has 0 aliphatic rings. The van der Waals surface area contributed by atoms with Gasteiger partial charge in [0.1, 0.15) is 6.04 Å². The average Bonchev–Trinajstić information content (AvgIpc) is 2.95. The first-order valence-corrected chi connectivity index (χ1v) is 9.28. The van der Waals surface area contributed by atoms with Crippen molar-refractivity contribution < 1.29 is 4.79 Å². The lowest BCUT2D eigenvalue weighted by molar-refractivity contribution is -0.134. The lowest BCUT2D eigenvalue weighted by Crippen LogP contribution is -2.38. The Morgan fingerprint density at radius 3 is 2.50 bits per heavy atom. The second kappa shape index (κ2) is 7.32. The lowest BCUT2D eigenvalue weighted by atomic mass is 10.2. The third kappa shape index (κ3) is 3.00. The smallest absolute Gasteiger partial charge is 0.273 e. The minimum Gasteiger partial charge on any atom is -0.341 e. The normalized spacial score (nSPS) is 12.6. The highest BCUT2D eigenvalue weighted by molar-refractivity contribution is 5.94. The quantitative estimate of drug-likeness (QED) is 0.683. The van der Waals surface area contributed by atoms with E-state index < -0.39 is 6.04 Å². The van der Waals surface area contributed by atoms with Crippen LogP contribution in [0.4, 0.5) is 0 Å². The van der Waals surface area contributed by atoms with Crippen LogP contribution in [-0.2, 0) is 4.79 Å². The van der Waals surface area contributed by atoms with Crippen molar-refractivity contribution in [2.45, 2.75) is 46.6 Å².